The van der Waals surface area contributed by atoms with Crippen molar-refractivity contribution in [3.63, 3.8) is 0 Å². The summed E-state index contributed by atoms with van der Waals surface area (Å²) in [7, 11) is 0. The van der Waals surface area contributed by atoms with Crippen molar-refractivity contribution in [2.24, 2.45) is 47.3 Å². The number of rotatable bonds is 0. The highest BCUT2D eigenvalue weighted by Gasteiger charge is 2.51. The van der Waals surface area contributed by atoms with Crippen molar-refractivity contribution in [2.45, 2.75) is 66.2 Å². The molecule has 0 nitrogen and oxygen atoms in total. The summed E-state index contributed by atoms with van der Waals surface area (Å²) in [6, 6.07) is 0. The third-order valence-corrected chi connectivity index (χ3v) is 7.29. The van der Waals surface area contributed by atoms with Gasteiger partial charge in [0.2, 0.25) is 0 Å². The molecule has 3 fully saturated rings. The van der Waals surface area contributed by atoms with E-state index in [0.717, 1.165) is 47.3 Å². The molecule has 0 aliphatic heterocycles. The van der Waals surface area contributed by atoms with E-state index in [2.05, 4.69) is 27.7 Å². The van der Waals surface area contributed by atoms with Crippen LogP contribution in [0.3, 0.4) is 0 Å². The van der Waals surface area contributed by atoms with Crippen LogP contribution in [0.4, 0.5) is 0 Å². The first kappa shape index (κ1) is 13.0. The smallest absolute Gasteiger partial charge is 0.0329 e. The van der Waals surface area contributed by atoms with E-state index in [4.69, 9.17) is 0 Å². The molecule has 3 saturated carbocycles. The van der Waals surface area contributed by atoms with Crippen molar-refractivity contribution in [3.05, 3.63) is 0 Å². The lowest BCUT2D eigenvalue weighted by Crippen LogP contribution is -2.51. The van der Waals surface area contributed by atoms with Gasteiger partial charge in [0.05, 0.1) is 0 Å². The molecule has 0 radical (unpaired) electrons. The van der Waals surface area contributed by atoms with Gasteiger partial charge in [0, 0.05) is 0 Å². The van der Waals surface area contributed by atoms with Crippen molar-refractivity contribution in [1.82, 2.24) is 0 Å². The summed E-state index contributed by atoms with van der Waals surface area (Å²) >= 11 is 0. The zero-order valence-corrected chi connectivity index (χ0v) is 12.9. The van der Waals surface area contributed by atoms with Gasteiger partial charge in [0.1, 0.15) is 0 Å². The average molecular weight is 248 g/mol. The molecule has 3 rings (SSSR count). The van der Waals surface area contributed by atoms with Gasteiger partial charge in [-0.25, -0.2) is 0 Å². The van der Waals surface area contributed by atoms with Crippen LogP contribution in [0.1, 0.15) is 66.2 Å². The quantitative estimate of drug-likeness (QED) is 0.540. The first-order valence-corrected chi connectivity index (χ1v) is 8.61. The molecule has 0 heterocycles. The van der Waals surface area contributed by atoms with Crippen LogP contribution in [0.5, 0.6) is 0 Å². The van der Waals surface area contributed by atoms with Crippen molar-refractivity contribution in [2.75, 3.05) is 0 Å². The number of fused-ring (bicyclic) bond motifs is 3. The summed E-state index contributed by atoms with van der Waals surface area (Å²) < 4.78 is 0. The van der Waals surface area contributed by atoms with Crippen LogP contribution in [0, 0.1) is 47.3 Å². The van der Waals surface area contributed by atoms with E-state index < -0.39 is 0 Å². The molecule has 0 saturated heterocycles. The average Bonchev–Trinajstić information content (AvgIpc) is 2.35. The molecule has 3 aliphatic carbocycles. The minimum atomic E-state index is 0.979. The van der Waals surface area contributed by atoms with E-state index in [-0.39, 0.29) is 0 Å². The minimum absolute atomic E-state index is 0.979. The van der Waals surface area contributed by atoms with Crippen LogP contribution in [0.2, 0.25) is 0 Å². The second-order valence-corrected chi connectivity index (χ2v) is 8.02. The third-order valence-electron chi connectivity index (χ3n) is 7.29. The van der Waals surface area contributed by atoms with E-state index in [9.17, 15) is 0 Å². The van der Waals surface area contributed by atoms with Gasteiger partial charge in [-0.2, -0.15) is 0 Å². The van der Waals surface area contributed by atoms with Crippen LogP contribution >= 0.6 is 0 Å². The highest BCUT2D eigenvalue weighted by Crippen LogP contribution is 2.58. The van der Waals surface area contributed by atoms with Crippen molar-refractivity contribution >= 4 is 0 Å². The van der Waals surface area contributed by atoms with E-state index in [1.54, 1.807) is 12.8 Å². The molecule has 3 aliphatic rings. The Morgan fingerprint density at radius 2 is 0.944 bits per heavy atom. The summed E-state index contributed by atoms with van der Waals surface area (Å²) in [5.74, 6) is 8.25. The Kier molecular flexibility index (Phi) is 3.49. The molecule has 0 aromatic heterocycles. The van der Waals surface area contributed by atoms with E-state index in [0.29, 0.717) is 0 Å². The normalized spacial score (nSPS) is 56.7. The highest BCUT2D eigenvalue weighted by molar-refractivity contribution is 5.00. The zero-order valence-electron chi connectivity index (χ0n) is 12.9. The van der Waals surface area contributed by atoms with Crippen LogP contribution in [-0.2, 0) is 0 Å². The maximum atomic E-state index is 2.59. The van der Waals surface area contributed by atoms with Crippen LogP contribution in [-0.4, -0.2) is 0 Å². The van der Waals surface area contributed by atoms with Gasteiger partial charge >= 0.3 is 0 Å². The van der Waals surface area contributed by atoms with Crippen molar-refractivity contribution in [1.29, 1.82) is 0 Å². The highest BCUT2D eigenvalue weighted by atomic mass is 14.6. The molecule has 0 heteroatoms. The molecule has 8 unspecified atom stereocenters. The lowest BCUT2D eigenvalue weighted by molar-refractivity contribution is -0.0887. The molecule has 0 aromatic carbocycles. The largest absolute Gasteiger partial charge is 0.0622 e. The maximum absolute atomic E-state index is 2.59. The SMILES string of the molecule is CC1CCCC2C3CCCC(C)C3C(C)C(C)C12. The fraction of sp³-hybridized carbons (Fsp3) is 1.00. The Balaban J connectivity index is 1.90. The van der Waals surface area contributed by atoms with E-state index >= 15 is 0 Å². The molecular weight excluding hydrogens is 216 g/mol. The first-order valence-electron chi connectivity index (χ1n) is 8.61. The summed E-state index contributed by atoms with van der Waals surface area (Å²) in [4.78, 5) is 0. The standard InChI is InChI=1S/C18H32/c1-11-7-5-9-15-16-10-6-8-12(2)18(16)14(4)13(3)17(11)15/h11-18H,5-10H2,1-4H3. The molecule has 0 bridgehead atoms. The van der Waals surface area contributed by atoms with Gasteiger partial charge < -0.3 is 0 Å². The zero-order chi connectivity index (χ0) is 12.9. The number of hydrogen-bond acceptors (Lipinski definition) is 0. The van der Waals surface area contributed by atoms with Crippen molar-refractivity contribution in [3.8, 4) is 0 Å². The minimum Gasteiger partial charge on any atom is -0.0622 e. The Bertz CT molecular complexity index is 264. The maximum Gasteiger partial charge on any atom is -0.0329 e. The van der Waals surface area contributed by atoms with Gasteiger partial charge in [0.15, 0.2) is 0 Å². The van der Waals surface area contributed by atoms with Gasteiger partial charge in [-0.3, -0.25) is 0 Å². The molecule has 8 atom stereocenters. The molecule has 0 amide bonds. The molecular formula is C18H32. The Labute approximate surface area is 114 Å². The molecule has 104 valence electrons. The van der Waals surface area contributed by atoms with Gasteiger partial charge in [-0.1, -0.05) is 53.4 Å². The van der Waals surface area contributed by atoms with Gasteiger partial charge in [-0.05, 0) is 60.2 Å². The summed E-state index contributed by atoms with van der Waals surface area (Å²) in [6.07, 6.45) is 9.15. The lowest BCUT2D eigenvalue weighted by Gasteiger charge is -2.57. The Morgan fingerprint density at radius 3 is 1.33 bits per heavy atom. The topological polar surface area (TPSA) is 0 Å². The molecule has 0 spiro atoms. The van der Waals surface area contributed by atoms with E-state index in [1.807, 2.05) is 0 Å². The monoisotopic (exact) mass is 248 g/mol. The van der Waals surface area contributed by atoms with Gasteiger partial charge in [0.25, 0.3) is 0 Å². The lowest BCUT2D eigenvalue weighted by atomic mass is 9.48. The second kappa shape index (κ2) is 4.84. The Hall–Kier alpha value is 0. The first-order chi connectivity index (χ1) is 8.61. The Morgan fingerprint density at radius 1 is 0.556 bits per heavy atom. The molecule has 18 heavy (non-hydrogen) atoms. The summed E-state index contributed by atoms with van der Waals surface area (Å²) in [5.41, 5.74) is 0. The predicted molar refractivity (Wildman–Crippen MR) is 78.3 cm³/mol. The second-order valence-electron chi connectivity index (χ2n) is 8.02. The number of hydrogen-bond donors (Lipinski definition) is 0. The van der Waals surface area contributed by atoms with Gasteiger partial charge in [-0.15, -0.1) is 0 Å². The van der Waals surface area contributed by atoms with Crippen molar-refractivity contribution < 1.29 is 0 Å². The molecule has 0 N–H and O–H groups in total. The van der Waals surface area contributed by atoms with Crippen LogP contribution in [0.15, 0.2) is 0 Å². The van der Waals surface area contributed by atoms with Crippen LogP contribution in [0.25, 0.3) is 0 Å². The fourth-order valence-electron chi connectivity index (χ4n) is 6.48. The molecule has 0 aromatic rings. The summed E-state index contributed by atoms with van der Waals surface area (Å²) in [5, 5.41) is 0. The predicted octanol–water partition coefficient (Wildman–Crippen LogP) is 5.38. The summed E-state index contributed by atoms with van der Waals surface area (Å²) in [6.45, 7) is 10.3. The fourth-order valence-corrected chi connectivity index (χ4v) is 6.48. The van der Waals surface area contributed by atoms with Crippen LogP contribution < -0.4 is 0 Å². The third kappa shape index (κ3) is 1.86. The van der Waals surface area contributed by atoms with E-state index in [1.165, 1.54) is 25.7 Å².